The van der Waals surface area contributed by atoms with Gasteiger partial charge in [0, 0.05) is 6.42 Å². The number of nitrogens with zero attached hydrogens (tertiary/aromatic N) is 2. The average Bonchev–Trinajstić information content (AvgIpc) is 3.47. The first-order valence-electron chi connectivity index (χ1n) is 11.1. The summed E-state index contributed by atoms with van der Waals surface area (Å²) in [6, 6.07) is 22.2. The molecule has 0 aromatic heterocycles. The van der Waals surface area contributed by atoms with Crippen molar-refractivity contribution in [1.29, 1.82) is 0 Å². The minimum absolute atomic E-state index is 0.225. The van der Waals surface area contributed by atoms with Crippen LogP contribution in [0.2, 0.25) is 0 Å². The highest BCUT2D eigenvalue weighted by atomic mass is 32.2. The van der Waals surface area contributed by atoms with E-state index in [0.717, 1.165) is 28.5 Å². The molecule has 1 N–H and O–H groups in total. The fourth-order valence-corrected chi connectivity index (χ4v) is 4.62. The maximum absolute atomic E-state index is 13.4. The molecule has 3 aromatic carbocycles. The molecule has 36 heavy (non-hydrogen) atoms. The van der Waals surface area contributed by atoms with Crippen molar-refractivity contribution in [3.05, 3.63) is 106 Å². The van der Waals surface area contributed by atoms with Crippen LogP contribution >= 0.6 is 11.8 Å². The number of rotatable bonds is 6. The van der Waals surface area contributed by atoms with Crippen LogP contribution in [0.3, 0.4) is 0 Å². The summed E-state index contributed by atoms with van der Waals surface area (Å²) in [4.78, 5) is 36.5. The SMILES string of the molecule is O=C1NC(=O)/C(=C\c2ccc(OCC(=O)N3N=C(c4ccc(F)cc4)CC3c3ccccc3)cc2)S1. The number of benzene rings is 3. The van der Waals surface area contributed by atoms with E-state index in [2.05, 4.69) is 10.4 Å². The van der Waals surface area contributed by atoms with Gasteiger partial charge in [-0.2, -0.15) is 5.10 Å². The summed E-state index contributed by atoms with van der Waals surface area (Å²) in [5.74, 6) is -0.595. The van der Waals surface area contributed by atoms with Crippen molar-refractivity contribution >= 4 is 40.6 Å². The van der Waals surface area contributed by atoms with E-state index < -0.39 is 11.1 Å². The zero-order valence-electron chi connectivity index (χ0n) is 18.9. The zero-order valence-corrected chi connectivity index (χ0v) is 19.7. The van der Waals surface area contributed by atoms with Gasteiger partial charge in [-0.1, -0.05) is 54.6 Å². The molecule has 0 bridgehead atoms. The minimum atomic E-state index is -0.421. The van der Waals surface area contributed by atoms with Gasteiger partial charge in [0.1, 0.15) is 11.6 Å². The Balaban J connectivity index is 1.29. The summed E-state index contributed by atoms with van der Waals surface area (Å²) < 4.78 is 19.1. The van der Waals surface area contributed by atoms with E-state index in [0.29, 0.717) is 22.8 Å². The van der Waals surface area contributed by atoms with Gasteiger partial charge in [-0.05, 0) is 58.8 Å². The number of imide groups is 1. The van der Waals surface area contributed by atoms with E-state index in [1.165, 1.54) is 17.1 Å². The molecular weight excluding hydrogens is 481 g/mol. The Kier molecular flexibility index (Phi) is 6.64. The van der Waals surface area contributed by atoms with Crippen molar-refractivity contribution in [2.45, 2.75) is 12.5 Å². The van der Waals surface area contributed by atoms with Crippen LogP contribution in [0.1, 0.15) is 29.2 Å². The summed E-state index contributed by atoms with van der Waals surface area (Å²) in [5.41, 5.74) is 3.12. The number of hydrogen-bond acceptors (Lipinski definition) is 6. The van der Waals surface area contributed by atoms with Gasteiger partial charge in [-0.25, -0.2) is 9.40 Å². The van der Waals surface area contributed by atoms with Gasteiger partial charge < -0.3 is 4.74 Å². The quantitative estimate of drug-likeness (QED) is 0.485. The smallest absolute Gasteiger partial charge is 0.290 e. The van der Waals surface area contributed by atoms with Crippen LogP contribution in [0.25, 0.3) is 6.08 Å². The first kappa shape index (κ1) is 23.5. The molecule has 1 fully saturated rings. The van der Waals surface area contributed by atoms with E-state index in [9.17, 15) is 18.8 Å². The number of halogens is 1. The van der Waals surface area contributed by atoms with Crippen molar-refractivity contribution < 1.29 is 23.5 Å². The largest absolute Gasteiger partial charge is 0.484 e. The molecule has 0 aliphatic carbocycles. The standard InChI is InChI=1S/C27H20FN3O4S/c28-20-10-8-18(9-11-20)22-15-23(19-4-2-1-3-5-19)31(30-22)25(32)16-35-21-12-6-17(7-13-21)14-24-26(33)29-27(34)36-24/h1-14,23H,15-16H2,(H,29,33,34)/b24-14+. The molecule has 2 aliphatic heterocycles. The number of ether oxygens (including phenoxy) is 1. The van der Waals surface area contributed by atoms with E-state index in [1.54, 1.807) is 42.5 Å². The van der Waals surface area contributed by atoms with Crippen LogP contribution in [0.5, 0.6) is 5.75 Å². The van der Waals surface area contributed by atoms with Gasteiger partial charge in [0.2, 0.25) is 0 Å². The lowest BCUT2D eigenvalue weighted by Crippen LogP contribution is -2.31. The van der Waals surface area contributed by atoms with Crippen molar-refractivity contribution in [2.24, 2.45) is 5.10 Å². The third-order valence-corrected chi connectivity index (χ3v) is 6.52. The minimum Gasteiger partial charge on any atom is -0.484 e. The predicted octanol–water partition coefficient (Wildman–Crippen LogP) is 4.91. The van der Waals surface area contributed by atoms with Crippen LogP contribution < -0.4 is 10.1 Å². The van der Waals surface area contributed by atoms with E-state index in [-0.39, 0.29) is 24.4 Å². The van der Waals surface area contributed by atoms with Crippen LogP contribution in [0.4, 0.5) is 9.18 Å². The fraction of sp³-hybridized carbons (Fsp3) is 0.111. The molecule has 180 valence electrons. The number of carbonyl (C=O) groups excluding carboxylic acids is 3. The lowest BCUT2D eigenvalue weighted by Gasteiger charge is -2.22. The summed E-state index contributed by atoms with van der Waals surface area (Å²) in [7, 11) is 0. The molecule has 2 aliphatic rings. The Morgan fingerprint density at radius 3 is 2.44 bits per heavy atom. The van der Waals surface area contributed by atoms with Gasteiger partial charge in [0.05, 0.1) is 16.7 Å². The normalized spacial score (nSPS) is 18.4. The molecule has 0 saturated carbocycles. The zero-order chi connectivity index (χ0) is 25.1. The molecule has 3 aromatic rings. The van der Waals surface area contributed by atoms with Crippen LogP contribution in [-0.4, -0.2) is 34.4 Å². The molecule has 5 rings (SSSR count). The van der Waals surface area contributed by atoms with Crippen LogP contribution in [-0.2, 0) is 9.59 Å². The predicted molar refractivity (Wildman–Crippen MR) is 135 cm³/mol. The van der Waals surface area contributed by atoms with Crippen molar-refractivity contribution in [1.82, 2.24) is 10.3 Å². The second-order valence-corrected chi connectivity index (χ2v) is 9.15. The third-order valence-electron chi connectivity index (χ3n) is 5.71. The highest BCUT2D eigenvalue weighted by Crippen LogP contribution is 2.33. The van der Waals surface area contributed by atoms with Crippen molar-refractivity contribution in [2.75, 3.05) is 6.61 Å². The highest BCUT2D eigenvalue weighted by molar-refractivity contribution is 8.18. The maximum atomic E-state index is 13.4. The first-order valence-corrected chi connectivity index (χ1v) is 12.0. The fourth-order valence-electron chi connectivity index (χ4n) is 3.94. The summed E-state index contributed by atoms with van der Waals surface area (Å²) in [6.07, 6.45) is 2.11. The highest BCUT2D eigenvalue weighted by Gasteiger charge is 2.33. The second-order valence-electron chi connectivity index (χ2n) is 8.13. The molecule has 2 heterocycles. The van der Waals surface area contributed by atoms with Crippen LogP contribution in [0.15, 0.2) is 88.9 Å². The number of hydrogen-bond donors (Lipinski definition) is 1. The Morgan fingerprint density at radius 1 is 1.06 bits per heavy atom. The number of carbonyl (C=O) groups is 3. The Labute approximate surface area is 210 Å². The van der Waals surface area contributed by atoms with Gasteiger partial charge in [-0.3, -0.25) is 19.7 Å². The lowest BCUT2D eigenvalue weighted by atomic mass is 9.98. The summed E-state index contributed by atoms with van der Waals surface area (Å²) in [5, 5.41) is 7.81. The Morgan fingerprint density at radius 2 is 1.78 bits per heavy atom. The van der Waals surface area contributed by atoms with Crippen molar-refractivity contribution in [3.8, 4) is 5.75 Å². The molecule has 1 atom stereocenters. The number of thioether (sulfide) groups is 1. The van der Waals surface area contributed by atoms with Gasteiger partial charge in [-0.15, -0.1) is 0 Å². The lowest BCUT2D eigenvalue weighted by molar-refractivity contribution is -0.135. The topological polar surface area (TPSA) is 88.1 Å². The van der Waals surface area contributed by atoms with Gasteiger partial charge in [0.25, 0.3) is 17.1 Å². The molecule has 1 saturated heterocycles. The van der Waals surface area contributed by atoms with Gasteiger partial charge in [0.15, 0.2) is 6.61 Å². The molecule has 1 unspecified atom stereocenters. The molecule has 7 nitrogen and oxygen atoms in total. The molecule has 9 heteroatoms. The molecular formula is C27H20FN3O4S. The maximum Gasteiger partial charge on any atom is 0.290 e. The number of hydrazone groups is 1. The van der Waals surface area contributed by atoms with E-state index in [4.69, 9.17) is 4.74 Å². The summed E-state index contributed by atoms with van der Waals surface area (Å²) in [6.45, 7) is -0.225. The number of amides is 3. The van der Waals surface area contributed by atoms with Crippen molar-refractivity contribution in [3.63, 3.8) is 0 Å². The molecule has 3 amide bonds. The Bertz CT molecular complexity index is 1370. The molecule has 0 spiro atoms. The Hall–Kier alpha value is -4.24. The number of nitrogens with one attached hydrogen (secondary N) is 1. The van der Waals surface area contributed by atoms with Crippen LogP contribution in [0, 0.1) is 5.82 Å². The first-order chi connectivity index (χ1) is 17.5. The third kappa shape index (κ3) is 5.21. The summed E-state index contributed by atoms with van der Waals surface area (Å²) >= 11 is 0.848. The monoisotopic (exact) mass is 501 g/mol. The van der Waals surface area contributed by atoms with E-state index >= 15 is 0 Å². The molecule has 0 radical (unpaired) electrons. The van der Waals surface area contributed by atoms with E-state index in [1.807, 2.05) is 30.3 Å². The van der Waals surface area contributed by atoms with Gasteiger partial charge >= 0.3 is 0 Å². The average molecular weight is 502 g/mol. The second kappa shape index (κ2) is 10.2.